The SMILES string of the molecule is O=[C]NCCC[N+]1(CCO)CCNCC1. The summed E-state index contributed by atoms with van der Waals surface area (Å²) in [5.41, 5.74) is 0. The first kappa shape index (κ1) is 12.4. The maximum Gasteiger partial charge on any atom is 0.309 e. The number of hydrogen-bond acceptors (Lipinski definition) is 3. The van der Waals surface area contributed by atoms with Gasteiger partial charge in [0.15, 0.2) is 0 Å². The van der Waals surface area contributed by atoms with Crippen LogP contribution in [0.4, 0.5) is 0 Å². The van der Waals surface area contributed by atoms with Crippen LogP contribution in [-0.4, -0.2) is 68.4 Å². The first-order valence-electron chi connectivity index (χ1n) is 5.60. The first-order valence-corrected chi connectivity index (χ1v) is 5.60. The van der Waals surface area contributed by atoms with Crippen molar-refractivity contribution in [2.24, 2.45) is 0 Å². The normalized spacial score (nSPS) is 19.8. The van der Waals surface area contributed by atoms with Crippen LogP contribution in [0.15, 0.2) is 0 Å². The Hall–Kier alpha value is -0.650. The predicted octanol–water partition coefficient (Wildman–Crippen LogP) is -1.55. The fourth-order valence-electron chi connectivity index (χ4n) is 2.19. The fraction of sp³-hybridized carbons (Fsp3) is 0.900. The lowest BCUT2D eigenvalue weighted by atomic mass is 10.2. The van der Waals surface area contributed by atoms with Gasteiger partial charge in [-0.3, -0.25) is 4.79 Å². The zero-order valence-corrected chi connectivity index (χ0v) is 9.17. The number of aliphatic hydroxyl groups is 1. The smallest absolute Gasteiger partial charge is 0.309 e. The number of carbonyl (C=O) groups excluding carboxylic acids is 1. The number of hydrogen-bond donors (Lipinski definition) is 3. The molecule has 15 heavy (non-hydrogen) atoms. The van der Waals surface area contributed by atoms with Crippen molar-refractivity contribution in [1.82, 2.24) is 10.6 Å². The standard InChI is InChI=1S/C10H21N3O2/c14-9-8-13(5-1-2-12-10-15)6-3-11-4-7-13/h11,14H,1-9H2,(H,12,15)/q+1. The Kier molecular flexibility index (Phi) is 5.60. The minimum Gasteiger partial charge on any atom is -0.391 e. The molecule has 1 heterocycles. The third kappa shape index (κ3) is 4.15. The Morgan fingerprint density at radius 2 is 2.07 bits per heavy atom. The summed E-state index contributed by atoms with van der Waals surface area (Å²) in [6.45, 7) is 6.97. The van der Waals surface area contributed by atoms with Gasteiger partial charge in [-0.2, -0.15) is 0 Å². The molecule has 1 rings (SSSR count). The molecule has 1 radical (unpaired) electrons. The Morgan fingerprint density at radius 1 is 1.33 bits per heavy atom. The predicted molar refractivity (Wildman–Crippen MR) is 58.0 cm³/mol. The van der Waals surface area contributed by atoms with E-state index in [0.29, 0.717) is 6.54 Å². The Bertz CT molecular complexity index is 176. The number of nitrogens with zero attached hydrogens (tertiary/aromatic N) is 1. The molecule has 1 aliphatic rings. The minimum absolute atomic E-state index is 0.243. The molecular weight excluding hydrogens is 194 g/mol. The van der Waals surface area contributed by atoms with Gasteiger partial charge in [-0.15, -0.1) is 0 Å². The molecule has 0 aromatic carbocycles. The van der Waals surface area contributed by atoms with Gasteiger partial charge >= 0.3 is 6.41 Å². The molecule has 1 saturated heterocycles. The van der Waals surface area contributed by atoms with E-state index in [9.17, 15) is 4.79 Å². The molecule has 1 fully saturated rings. The third-order valence-corrected chi connectivity index (χ3v) is 3.11. The van der Waals surface area contributed by atoms with Gasteiger partial charge in [-0.05, 0) is 0 Å². The molecule has 0 unspecified atom stereocenters. The second-order valence-corrected chi connectivity index (χ2v) is 4.09. The number of quaternary nitrogens is 1. The molecule has 0 atom stereocenters. The molecule has 0 aliphatic carbocycles. The molecule has 0 bridgehead atoms. The van der Waals surface area contributed by atoms with Crippen LogP contribution in [0.3, 0.4) is 0 Å². The molecular formula is C10H21N3O2+. The molecule has 5 heteroatoms. The number of amides is 1. The highest BCUT2D eigenvalue weighted by Crippen LogP contribution is 2.09. The zero-order valence-electron chi connectivity index (χ0n) is 9.17. The summed E-state index contributed by atoms with van der Waals surface area (Å²) < 4.78 is 0.976. The molecule has 87 valence electrons. The van der Waals surface area contributed by atoms with Crippen LogP contribution in [0.25, 0.3) is 0 Å². The lowest BCUT2D eigenvalue weighted by Gasteiger charge is -2.41. The van der Waals surface area contributed by atoms with Gasteiger partial charge in [0, 0.05) is 26.1 Å². The lowest BCUT2D eigenvalue weighted by molar-refractivity contribution is -0.930. The van der Waals surface area contributed by atoms with Gasteiger partial charge in [0.05, 0.1) is 26.2 Å². The monoisotopic (exact) mass is 215 g/mol. The van der Waals surface area contributed by atoms with E-state index in [0.717, 1.165) is 50.2 Å². The van der Waals surface area contributed by atoms with Crippen LogP contribution >= 0.6 is 0 Å². The van der Waals surface area contributed by atoms with Crippen LogP contribution in [0.5, 0.6) is 0 Å². The van der Waals surface area contributed by atoms with Gasteiger partial charge in [-0.1, -0.05) is 0 Å². The molecule has 5 nitrogen and oxygen atoms in total. The van der Waals surface area contributed by atoms with Crippen LogP contribution in [0.2, 0.25) is 0 Å². The molecule has 0 spiro atoms. The zero-order chi connectivity index (χ0) is 11.0. The summed E-state index contributed by atoms with van der Waals surface area (Å²) in [5, 5.41) is 15.0. The van der Waals surface area contributed by atoms with Gasteiger partial charge in [0.1, 0.15) is 6.54 Å². The topological polar surface area (TPSA) is 61.4 Å². The van der Waals surface area contributed by atoms with Gasteiger partial charge in [-0.25, -0.2) is 0 Å². The fourth-order valence-corrected chi connectivity index (χ4v) is 2.19. The highest BCUT2D eigenvalue weighted by molar-refractivity contribution is 5.46. The molecule has 0 aromatic rings. The first-order chi connectivity index (χ1) is 7.33. The second kappa shape index (κ2) is 6.76. The van der Waals surface area contributed by atoms with E-state index in [1.165, 1.54) is 0 Å². The number of piperazine rings is 1. The highest BCUT2D eigenvalue weighted by atomic mass is 16.3. The highest BCUT2D eigenvalue weighted by Gasteiger charge is 2.28. The van der Waals surface area contributed by atoms with Crippen LogP contribution in [0, 0.1) is 0 Å². The summed E-state index contributed by atoms with van der Waals surface area (Å²) in [5.74, 6) is 0. The number of rotatable bonds is 7. The van der Waals surface area contributed by atoms with E-state index in [-0.39, 0.29) is 6.61 Å². The Morgan fingerprint density at radius 3 is 2.67 bits per heavy atom. The van der Waals surface area contributed by atoms with Crippen molar-refractivity contribution in [2.45, 2.75) is 6.42 Å². The maximum absolute atomic E-state index is 9.97. The van der Waals surface area contributed by atoms with E-state index >= 15 is 0 Å². The minimum atomic E-state index is 0.243. The van der Waals surface area contributed by atoms with Crippen molar-refractivity contribution in [2.75, 3.05) is 52.4 Å². The van der Waals surface area contributed by atoms with E-state index in [1.54, 1.807) is 6.41 Å². The van der Waals surface area contributed by atoms with Gasteiger partial charge in [0.2, 0.25) is 0 Å². The number of nitrogens with one attached hydrogen (secondary N) is 2. The van der Waals surface area contributed by atoms with Gasteiger partial charge < -0.3 is 20.2 Å². The van der Waals surface area contributed by atoms with E-state index < -0.39 is 0 Å². The van der Waals surface area contributed by atoms with Crippen molar-refractivity contribution in [1.29, 1.82) is 0 Å². The molecule has 1 aliphatic heterocycles. The Balaban J connectivity index is 2.31. The molecule has 3 N–H and O–H groups in total. The summed E-state index contributed by atoms with van der Waals surface area (Å²) in [7, 11) is 0. The largest absolute Gasteiger partial charge is 0.391 e. The van der Waals surface area contributed by atoms with Crippen molar-refractivity contribution in [3.05, 3.63) is 0 Å². The molecule has 0 aromatic heterocycles. The molecule has 1 amide bonds. The Labute approximate surface area is 91.0 Å². The van der Waals surface area contributed by atoms with Crippen molar-refractivity contribution in [3.63, 3.8) is 0 Å². The number of aliphatic hydroxyl groups excluding tert-OH is 1. The van der Waals surface area contributed by atoms with E-state index in [2.05, 4.69) is 10.6 Å². The van der Waals surface area contributed by atoms with Crippen molar-refractivity contribution >= 4 is 6.41 Å². The summed E-state index contributed by atoms with van der Waals surface area (Å²) in [4.78, 5) is 9.97. The average Bonchev–Trinajstić information content (AvgIpc) is 2.26. The van der Waals surface area contributed by atoms with Crippen LogP contribution in [-0.2, 0) is 4.79 Å². The van der Waals surface area contributed by atoms with E-state index in [4.69, 9.17) is 5.11 Å². The van der Waals surface area contributed by atoms with Gasteiger partial charge in [0.25, 0.3) is 0 Å². The maximum atomic E-state index is 9.97. The lowest BCUT2D eigenvalue weighted by Crippen LogP contribution is -2.60. The second-order valence-electron chi connectivity index (χ2n) is 4.09. The third-order valence-electron chi connectivity index (χ3n) is 3.11. The van der Waals surface area contributed by atoms with E-state index in [1.807, 2.05) is 0 Å². The van der Waals surface area contributed by atoms with Crippen LogP contribution < -0.4 is 10.6 Å². The average molecular weight is 215 g/mol. The quantitative estimate of drug-likeness (QED) is 0.274. The van der Waals surface area contributed by atoms with Crippen molar-refractivity contribution < 1.29 is 14.4 Å². The van der Waals surface area contributed by atoms with Crippen LogP contribution in [0.1, 0.15) is 6.42 Å². The summed E-state index contributed by atoms with van der Waals surface area (Å²) in [6, 6.07) is 0. The molecule has 0 saturated carbocycles. The van der Waals surface area contributed by atoms with Crippen molar-refractivity contribution in [3.8, 4) is 0 Å². The summed E-state index contributed by atoms with van der Waals surface area (Å²) in [6.07, 6.45) is 2.63. The summed E-state index contributed by atoms with van der Waals surface area (Å²) >= 11 is 0.